The molecule has 0 radical (unpaired) electrons. The topological polar surface area (TPSA) is 41.5 Å². The summed E-state index contributed by atoms with van der Waals surface area (Å²) in [7, 11) is 0. The summed E-state index contributed by atoms with van der Waals surface area (Å²) in [6.45, 7) is 2.22. The Hall–Kier alpha value is -1.39. The number of nitrogens with one attached hydrogen (secondary N) is 1. The van der Waals surface area contributed by atoms with Gasteiger partial charge in [0.15, 0.2) is 0 Å². The summed E-state index contributed by atoms with van der Waals surface area (Å²) >= 11 is 7.70. The third kappa shape index (κ3) is 3.11. The number of hydrogen-bond acceptors (Lipinski definition) is 3. The lowest BCUT2D eigenvalue weighted by molar-refractivity contribution is 0.0958. The van der Waals surface area contributed by atoms with Gasteiger partial charge in [0.05, 0.1) is 5.02 Å². The zero-order valence-electron chi connectivity index (χ0n) is 11.9. The van der Waals surface area contributed by atoms with Gasteiger partial charge in [0, 0.05) is 15.8 Å². The van der Waals surface area contributed by atoms with Crippen LogP contribution in [0.3, 0.4) is 0 Å². The number of carbonyl (C=O) groups is 1. The van der Waals surface area contributed by atoms with Gasteiger partial charge in [-0.2, -0.15) is 5.10 Å². The normalized spacial score (nSPS) is 20.9. The molecule has 1 heterocycles. The maximum absolute atomic E-state index is 12.3. The maximum atomic E-state index is 12.3. The molecule has 1 amide bonds. The van der Waals surface area contributed by atoms with Crippen molar-refractivity contribution >= 4 is 44.6 Å². The molecule has 0 aliphatic heterocycles. The van der Waals surface area contributed by atoms with Crippen LogP contribution in [-0.2, 0) is 0 Å². The summed E-state index contributed by atoms with van der Waals surface area (Å²) < 4.78 is 1.02. The van der Waals surface area contributed by atoms with E-state index in [1.54, 1.807) is 0 Å². The molecule has 3 nitrogen and oxygen atoms in total. The van der Waals surface area contributed by atoms with Crippen molar-refractivity contribution in [2.75, 3.05) is 0 Å². The van der Waals surface area contributed by atoms with Gasteiger partial charge < -0.3 is 0 Å². The van der Waals surface area contributed by atoms with Crippen LogP contribution in [0.2, 0.25) is 5.02 Å². The molecule has 0 spiro atoms. The summed E-state index contributed by atoms with van der Waals surface area (Å²) in [5.41, 5.74) is 3.75. The van der Waals surface area contributed by atoms with Gasteiger partial charge in [0.1, 0.15) is 4.88 Å². The largest absolute Gasteiger partial charge is 0.283 e. The van der Waals surface area contributed by atoms with Crippen LogP contribution in [0.1, 0.15) is 42.3 Å². The second-order valence-electron chi connectivity index (χ2n) is 5.56. The van der Waals surface area contributed by atoms with Gasteiger partial charge in [-0.15, -0.1) is 11.3 Å². The number of hydrazone groups is 1. The molecule has 1 N–H and O–H groups in total. The first-order valence-electron chi connectivity index (χ1n) is 7.18. The molecule has 0 unspecified atom stereocenters. The predicted molar refractivity (Wildman–Crippen MR) is 89.4 cm³/mol. The van der Waals surface area contributed by atoms with Crippen LogP contribution in [0, 0.1) is 5.92 Å². The van der Waals surface area contributed by atoms with Crippen molar-refractivity contribution in [3.8, 4) is 0 Å². The van der Waals surface area contributed by atoms with E-state index in [2.05, 4.69) is 17.5 Å². The Morgan fingerprint density at radius 1 is 1.43 bits per heavy atom. The molecule has 1 aromatic carbocycles. The highest BCUT2D eigenvalue weighted by Crippen LogP contribution is 2.35. The lowest BCUT2D eigenvalue weighted by Crippen LogP contribution is -2.21. The SMILES string of the molecule is C[C@@H]1CCC/C(=N/NC(=O)c2sc3ccccc3c2Cl)C1. The van der Waals surface area contributed by atoms with Gasteiger partial charge in [-0.3, -0.25) is 4.79 Å². The zero-order chi connectivity index (χ0) is 14.8. The summed E-state index contributed by atoms with van der Waals surface area (Å²) in [4.78, 5) is 12.8. The number of thiophene rings is 1. The van der Waals surface area contributed by atoms with Gasteiger partial charge >= 0.3 is 0 Å². The molecule has 21 heavy (non-hydrogen) atoms. The van der Waals surface area contributed by atoms with Crippen molar-refractivity contribution in [3.05, 3.63) is 34.2 Å². The molecule has 1 saturated carbocycles. The predicted octanol–water partition coefficient (Wildman–Crippen LogP) is 4.85. The Bertz CT molecular complexity index is 707. The van der Waals surface area contributed by atoms with E-state index in [0.29, 0.717) is 15.8 Å². The van der Waals surface area contributed by atoms with E-state index in [0.717, 1.165) is 35.1 Å². The average molecular weight is 321 g/mol. The number of carbonyl (C=O) groups excluding carboxylic acids is 1. The molecule has 2 aromatic rings. The van der Waals surface area contributed by atoms with Crippen molar-refractivity contribution in [1.29, 1.82) is 0 Å². The van der Waals surface area contributed by atoms with Gasteiger partial charge in [-0.25, -0.2) is 5.43 Å². The highest BCUT2D eigenvalue weighted by atomic mass is 35.5. The van der Waals surface area contributed by atoms with Crippen molar-refractivity contribution in [3.63, 3.8) is 0 Å². The molecule has 5 heteroatoms. The maximum Gasteiger partial charge on any atom is 0.283 e. The van der Waals surface area contributed by atoms with E-state index < -0.39 is 0 Å². The minimum absolute atomic E-state index is 0.216. The van der Waals surface area contributed by atoms with E-state index in [1.807, 2.05) is 24.3 Å². The Labute approximate surface area is 133 Å². The fourth-order valence-corrected chi connectivity index (χ4v) is 4.11. The van der Waals surface area contributed by atoms with Crippen molar-refractivity contribution < 1.29 is 4.79 Å². The van der Waals surface area contributed by atoms with Crippen molar-refractivity contribution in [2.24, 2.45) is 11.0 Å². The second kappa shape index (κ2) is 6.16. The number of rotatable bonds is 2. The molecule has 1 fully saturated rings. The van der Waals surface area contributed by atoms with Gasteiger partial charge in [0.25, 0.3) is 5.91 Å². The third-order valence-corrected chi connectivity index (χ3v) is 5.48. The smallest absolute Gasteiger partial charge is 0.266 e. The summed E-state index contributed by atoms with van der Waals surface area (Å²) in [6, 6.07) is 7.77. The van der Waals surface area contributed by atoms with Crippen LogP contribution >= 0.6 is 22.9 Å². The number of amides is 1. The van der Waals surface area contributed by atoms with Crippen LogP contribution in [-0.4, -0.2) is 11.6 Å². The summed E-state index contributed by atoms with van der Waals surface area (Å²) in [6.07, 6.45) is 4.35. The van der Waals surface area contributed by atoms with Gasteiger partial charge in [-0.1, -0.05) is 36.7 Å². The van der Waals surface area contributed by atoms with E-state index in [1.165, 1.54) is 17.8 Å². The number of halogens is 1. The van der Waals surface area contributed by atoms with Crippen LogP contribution in [0.4, 0.5) is 0 Å². The number of nitrogens with zero attached hydrogens (tertiary/aromatic N) is 1. The molecular formula is C16H17ClN2OS. The van der Waals surface area contributed by atoms with Crippen LogP contribution < -0.4 is 5.43 Å². The number of fused-ring (bicyclic) bond motifs is 1. The molecule has 1 aromatic heterocycles. The van der Waals surface area contributed by atoms with E-state index in [9.17, 15) is 4.79 Å². The van der Waals surface area contributed by atoms with Crippen molar-refractivity contribution in [1.82, 2.24) is 5.43 Å². The first kappa shape index (κ1) is 14.5. The fourth-order valence-electron chi connectivity index (χ4n) is 2.70. The Balaban J connectivity index is 1.78. The van der Waals surface area contributed by atoms with E-state index >= 15 is 0 Å². The molecule has 1 aliphatic rings. The third-order valence-electron chi connectivity index (χ3n) is 3.80. The molecule has 0 bridgehead atoms. The quantitative estimate of drug-likeness (QED) is 0.789. The molecule has 1 aliphatic carbocycles. The minimum Gasteiger partial charge on any atom is -0.266 e. The van der Waals surface area contributed by atoms with Crippen LogP contribution in [0.15, 0.2) is 29.4 Å². The first-order chi connectivity index (χ1) is 10.1. The second-order valence-corrected chi connectivity index (χ2v) is 6.99. The lowest BCUT2D eigenvalue weighted by Gasteiger charge is -2.18. The highest BCUT2D eigenvalue weighted by Gasteiger charge is 2.18. The number of benzene rings is 1. The first-order valence-corrected chi connectivity index (χ1v) is 8.37. The van der Waals surface area contributed by atoms with E-state index in [4.69, 9.17) is 11.6 Å². The molecule has 0 saturated heterocycles. The molecule has 3 rings (SSSR count). The Morgan fingerprint density at radius 3 is 3.00 bits per heavy atom. The molecular weight excluding hydrogens is 304 g/mol. The summed E-state index contributed by atoms with van der Waals surface area (Å²) in [5, 5.41) is 5.73. The Kier molecular flexibility index (Phi) is 4.27. The van der Waals surface area contributed by atoms with Gasteiger partial charge in [0.2, 0.25) is 0 Å². The number of hydrogen-bond donors (Lipinski definition) is 1. The fraction of sp³-hybridized carbons (Fsp3) is 0.375. The highest BCUT2D eigenvalue weighted by molar-refractivity contribution is 7.21. The van der Waals surface area contributed by atoms with Gasteiger partial charge in [-0.05, 0) is 37.7 Å². The molecule has 1 atom stereocenters. The van der Waals surface area contributed by atoms with E-state index in [-0.39, 0.29) is 5.91 Å². The summed E-state index contributed by atoms with van der Waals surface area (Å²) in [5.74, 6) is 0.439. The minimum atomic E-state index is -0.216. The standard InChI is InChI=1S/C16H17ClN2OS/c1-10-5-4-6-11(9-10)18-19-16(20)15-14(17)12-7-2-3-8-13(12)21-15/h2-3,7-8,10H,4-6,9H2,1H3,(H,19,20)/b18-11-/t10-/m1/s1. The zero-order valence-corrected chi connectivity index (χ0v) is 13.4. The molecule has 110 valence electrons. The van der Waals surface area contributed by atoms with Crippen molar-refractivity contribution in [2.45, 2.75) is 32.6 Å². The lowest BCUT2D eigenvalue weighted by atomic mass is 9.89. The Morgan fingerprint density at radius 2 is 2.24 bits per heavy atom. The van der Waals surface area contributed by atoms with Crippen LogP contribution in [0.25, 0.3) is 10.1 Å². The van der Waals surface area contributed by atoms with Crippen LogP contribution in [0.5, 0.6) is 0 Å². The average Bonchev–Trinajstić information content (AvgIpc) is 2.83. The monoisotopic (exact) mass is 320 g/mol.